The van der Waals surface area contributed by atoms with E-state index in [1.165, 1.54) is 12.1 Å². The van der Waals surface area contributed by atoms with Crippen LogP contribution in [0.3, 0.4) is 0 Å². The topological polar surface area (TPSA) is 88.5 Å². The smallest absolute Gasteiger partial charge is 0.178 e. The molecule has 3 rings (SSSR count). The molecule has 1 aliphatic heterocycles. The van der Waals surface area contributed by atoms with Crippen LogP contribution in [0.2, 0.25) is 0 Å². The van der Waals surface area contributed by atoms with E-state index in [9.17, 15) is 23.1 Å². The Balaban J connectivity index is 2.18. The second kappa shape index (κ2) is 5.05. The lowest BCUT2D eigenvalue weighted by atomic mass is 9.88. The molecule has 1 aromatic rings. The van der Waals surface area contributed by atoms with Gasteiger partial charge in [-0.1, -0.05) is 0 Å². The lowest BCUT2D eigenvalue weighted by Gasteiger charge is -2.16. The first-order chi connectivity index (χ1) is 10.3. The van der Waals surface area contributed by atoms with Gasteiger partial charge in [-0.25, -0.2) is 8.42 Å². The number of carbonyl (C=O) groups excluding carboxylic acids is 2. The lowest BCUT2D eigenvalue weighted by Crippen LogP contribution is -2.20. The number of hydrogen-bond acceptors (Lipinski definition) is 5. The van der Waals surface area contributed by atoms with Gasteiger partial charge in [-0.3, -0.25) is 9.59 Å². The van der Waals surface area contributed by atoms with Crippen molar-refractivity contribution in [2.75, 3.05) is 5.75 Å². The molecule has 0 amide bonds. The maximum atomic E-state index is 11.9. The average Bonchev–Trinajstić information content (AvgIpc) is 2.75. The fourth-order valence-corrected chi connectivity index (χ4v) is 4.75. The highest BCUT2D eigenvalue weighted by Gasteiger charge is 2.31. The Morgan fingerprint density at radius 3 is 2.36 bits per heavy atom. The number of benzene rings is 1. The van der Waals surface area contributed by atoms with E-state index in [1.54, 1.807) is 6.92 Å². The zero-order chi connectivity index (χ0) is 16.1. The summed E-state index contributed by atoms with van der Waals surface area (Å²) in [6.07, 6.45) is 1.41. The maximum absolute atomic E-state index is 11.9. The zero-order valence-electron chi connectivity index (χ0n) is 12.2. The quantitative estimate of drug-likeness (QED) is 0.485. The number of Topliss-reactive ketones (excluding diaryl/α,β-unsaturated/α-hetero) is 2. The van der Waals surface area contributed by atoms with E-state index in [4.69, 9.17) is 0 Å². The van der Waals surface area contributed by atoms with Crippen molar-refractivity contribution in [1.82, 2.24) is 0 Å². The molecule has 0 spiro atoms. The molecule has 1 saturated carbocycles. The van der Waals surface area contributed by atoms with Gasteiger partial charge in [0.2, 0.25) is 0 Å². The number of sulfone groups is 1. The van der Waals surface area contributed by atoms with Gasteiger partial charge in [0.05, 0.1) is 10.6 Å². The summed E-state index contributed by atoms with van der Waals surface area (Å²) in [6, 6.07) is 2.93. The summed E-state index contributed by atoms with van der Waals surface area (Å²) < 4.78 is 23.8. The van der Waals surface area contributed by atoms with E-state index in [2.05, 4.69) is 0 Å². The molecule has 0 aromatic heterocycles. The Hall–Kier alpha value is -1.95. The highest BCUT2D eigenvalue weighted by Crippen LogP contribution is 2.34. The predicted molar refractivity (Wildman–Crippen MR) is 80.3 cm³/mol. The van der Waals surface area contributed by atoms with Crippen LogP contribution in [0.1, 0.15) is 36.0 Å². The van der Waals surface area contributed by atoms with Crippen molar-refractivity contribution in [3.63, 3.8) is 0 Å². The molecular formula is C16H16O5S. The van der Waals surface area contributed by atoms with Gasteiger partial charge in [-0.05, 0) is 43.0 Å². The molecule has 2 aliphatic rings. The molecule has 116 valence electrons. The van der Waals surface area contributed by atoms with E-state index in [-0.39, 0.29) is 46.4 Å². The molecule has 1 heterocycles. The second-order valence-corrected chi connectivity index (χ2v) is 7.78. The summed E-state index contributed by atoms with van der Waals surface area (Å²) in [5, 5.41) is 10.4. The van der Waals surface area contributed by atoms with E-state index in [1.807, 2.05) is 0 Å². The van der Waals surface area contributed by atoms with Gasteiger partial charge in [0.1, 0.15) is 11.3 Å². The molecule has 0 unspecified atom stereocenters. The number of fused-ring (bicyclic) bond motifs is 1. The molecule has 1 aliphatic carbocycles. The summed E-state index contributed by atoms with van der Waals surface area (Å²) in [4.78, 5) is 24.2. The fourth-order valence-electron chi connectivity index (χ4n) is 3.15. The van der Waals surface area contributed by atoms with Gasteiger partial charge in [0.15, 0.2) is 21.4 Å². The molecule has 5 nitrogen and oxygen atoms in total. The van der Waals surface area contributed by atoms with Crippen molar-refractivity contribution in [3.8, 4) is 0 Å². The number of carbonyl (C=O) groups is 2. The maximum Gasteiger partial charge on any atom is 0.178 e. The highest BCUT2D eigenvalue weighted by molar-refractivity contribution is 7.91. The van der Waals surface area contributed by atoms with Crippen LogP contribution in [0, 0.1) is 6.92 Å². The third-order valence-corrected chi connectivity index (χ3v) is 6.16. The number of rotatable bonds is 1. The molecule has 0 saturated heterocycles. The third-order valence-electron chi connectivity index (χ3n) is 4.37. The Bertz CT molecular complexity index is 812. The molecule has 0 radical (unpaired) electrons. The largest absolute Gasteiger partial charge is 0.506 e. The minimum Gasteiger partial charge on any atom is -0.506 e. The van der Waals surface area contributed by atoms with Crippen LogP contribution in [-0.4, -0.2) is 30.8 Å². The first kappa shape index (κ1) is 15.0. The Morgan fingerprint density at radius 1 is 1.09 bits per heavy atom. The normalized spacial score (nSPS) is 20.1. The third kappa shape index (κ3) is 2.18. The van der Waals surface area contributed by atoms with Crippen LogP contribution in [0.5, 0.6) is 0 Å². The van der Waals surface area contributed by atoms with Crippen LogP contribution >= 0.6 is 0 Å². The van der Waals surface area contributed by atoms with Crippen molar-refractivity contribution in [1.29, 1.82) is 0 Å². The number of ketones is 2. The Labute approximate surface area is 128 Å². The van der Waals surface area contributed by atoms with Gasteiger partial charge in [0, 0.05) is 18.4 Å². The minimum atomic E-state index is -3.25. The molecule has 1 N–H and O–H groups in total. The molecule has 1 aromatic carbocycles. The molecule has 0 bridgehead atoms. The molecular weight excluding hydrogens is 304 g/mol. The number of allylic oxidation sites excluding steroid dienone is 1. The van der Waals surface area contributed by atoms with E-state index in [0.29, 0.717) is 29.5 Å². The average molecular weight is 320 g/mol. The summed E-state index contributed by atoms with van der Waals surface area (Å²) in [5.74, 6) is -0.955. The van der Waals surface area contributed by atoms with Crippen LogP contribution in [0.4, 0.5) is 0 Å². The monoisotopic (exact) mass is 320 g/mol. The fraction of sp³-hybridized carbons (Fsp3) is 0.375. The van der Waals surface area contributed by atoms with Gasteiger partial charge < -0.3 is 5.11 Å². The van der Waals surface area contributed by atoms with Crippen LogP contribution < -0.4 is 0 Å². The first-order valence-corrected chi connectivity index (χ1v) is 8.83. The van der Waals surface area contributed by atoms with Gasteiger partial charge in [-0.2, -0.15) is 0 Å². The van der Waals surface area contributed by atoms with Crippen molar-refractivity contribution in [2.24, 2.45) is 0 Å². The van der Waals surface area contributed by atoms with Gasteiger partial charge in [-0.15, -0.1) is 0 Å². The zero-order valence-corrected chi connectivity index (χ0v) is 13.0. The predicted octanol–water partition coefficient (Wildman–Crippen LogP) is 1.92. The van der Waals surface area contributed by atoms with Gasteiger partial charge in [0.25, 0.3) is 0 Å². The first-order valence-electron chi connectivity index (χ1n) is 7.18. The Kier molecular flexibility index (Phi) is 3.44. The number of hydrogen-bond donors (Lipinski definition) is 1. The molecule has 1 fully saturated rings. The summed E-state index contributed by atoms with van der Waals surface area (Å²) in [7, 11) is -3.25. The summed E-state index contributed by atoms with van der Waals surface area (Å²) in [5.41, 5.74) is 1.51. The van der Waals surface area contributed by atoms with Crippen LogP contribution in [-0.2, 0) is 25.8 Å². The number of aliphatic hydroxyl groups is 1. The minimum absolute atomic E-state index is 0.0574. The van der Waals surface area contributed by atoms with Gasteiger partial charge >= 0.3 is 0 Å². The van der Waals surface area contributed by atoms with Crippen molar-refractivity contribution >= 4 is 27.2 Å². The second-order valence-electron chi connectivity index (χ2n) is 5.71. The van der Waals surface area contributed by atoms with Crippen molar-refractivity contribution < 1.29 is 23.1 Å². The molecule has 6 heteroatoms. The Morgan fingerprint density at radius 2 is 1.73 bits per heavy atom. The number of aliphatic hydroxyl groups excluding tert-OH is 1. The highest BCUT2D eigenvalue weighted by atomic mass is 32.2. The SMILES string of the molecule is Cc1c(C(O)=C2C(=O)CCCC2=O)ccc2c1CCS2(=O)=O. The van der Waals surface area contributed by atoms with E-state index in [0.717, 1.165) is 0 Å². The summed E-state index contributed by atoms with van der Waals surface area (Å²) >= 11 is 0. The standard InChI is InChI=1S/C16H16O5S/c1-9-10-7-8-22(20,21)14(10)6-5-11(9)16(19)15-12(17)3-2-4-13(15)18/h5-6,19H,2-4,7-8H2,1H3. The van der Waals surface area contributed by atoms with Crippen molar-refractivity contribution in [2.45, 2.75) is 37.5 Å². The molecule has 0 atom stereocenters. The van der Waals surface area contributed by atoms with E-state index < -0.39 is 9.84 Å². The van der Waals surface area contributed by atoms with Crippen LogP contribution in [0.15, 0.2) is 22.6 Å². The van der Waals surface area contributed by atoms with Crippen LogP contribution in [0.25, 0.3) is 5.76 Å². The van der Waals surface area contributed by atoms with Crippen molar-refractivity contribution in [3.05, 3.63) is 34.4 Å². The van der Waals surface area contributed by atoms with E-state index >= 15 is 0 Å². The lowest BCUT2D eigenvalue weighted by molar-refractivity contribution is -0.123. The molecule has 22 heavy (non-hydrogen) atoms. The summed E-state index contributed by atoms with van der Waals surface area (Å²) in [6.45, 7) is 1.71.